The van der Waals surface area contributed by atoms with Crippen LogP contribution >= 0.6 is 27.5 Å². The second kappa shape index (κ2) is 5.15. The molecule has 19 heavy (non-hydrogen) atoms. The van der Waals surface area contributed by atoms with Gasteiger partial charge >= 0.3 is 0 Å². The molecule has 8 heteroatoms. The fourth-order valence-electron chi connectivity index (χ4n) is 1.47. The molecule has 102 valence electrons. The van der Waals surface area contributed by atoms with E-state index in [-0.39, 0.29) is 10.2 Å². The number of nitrogens with one attached hydrogen (secondary N) is 1. The summed E-state index contributed by atoms with van der Waals surface area (Å²) in [7, 11) is -2.17. The summed E-state index contributed by atoms with van der Waals surface area (Å²) in [5.74, 6) is 0. The van der Waals surface area contributed by atoms with Crippen molar-refractivity contribution in [2.45, 2.75) is 11.9 Å². The van der Waals surface area contributed by atoms with Crippen molar-refractivity contribution in [1.82, 2.24) is 9.55 Å². The monoisotopic (exact) mass is 363 g/mol. The zero-order valence-corrected chi connectivity index (χ0v) is 13.3. The maximum atomic E-state index is 12.2. The van der Waals surface area contributed by atoms with E-state index in [0.29, 0.717) is 5.69 Å². The van der Waals surface area contributed by atoms with E-state index in [0.717, 1.165) is 10.0 Å². The van der Waals surface area contributed by atoms with Crippen molar-refractivity contribution in [2.24, 2.45) is 7.05 Å². The minimum atomic E-state index is -3.80. The Kier molecular flexibility index (Phi) is 3.89. The molecule has 0 fully saturated rings. The Morgan fingerprint density at radius 1 is 1.42 bits per heavy atom. The molecule has 0 bridgehead atoms. The van der Waals surface area contributed by atoms with Crippen LogP contribution in [0, 0.1) is 6.92 Å². The molecule has 1 N–H and O–H groups in total. The largest absolute Gasteiger partial charge is 0.324 e. The highest BCUT2D eigenvalue weighted by Crippen LogP contribution is 2.25. The molecule has 2 rings (SSSR count). The third kappa shape index (κ3) is 2.93. The average molecular weight is 365 g/mol. The Morgan fingerprint density at radius 2 is 2.11 bits per heavy atom. The van der Waals surface area contributed by atoms with Gasteiger partial charge < -0.3 is 4.57 Å². The quantitative estimate of drug-likeness (QED) is 0.910. The van der Waals surface area contributed by atoms with Crippen molar-refractivity contribution in [3.8, 4) is 0 Å². The maximum absolute atomic E-state index is 12.2. The number of anilines is 1. The van der Waals surface area contributed by atoms with Gasteiger partial charge in [-0.05, 0) is 24.6 Å². The van der Waals surface area contributed by atoms with Crippen molar-refractivity contribution in [3.05, 3.63) is 39.7 Å². The number of imidazole rings is 1. The van der Waals surface area contributed by atoms with Gasteiger partial charge in [-0.25, -0.2) is 4.98 Å². The van der Waals surface area contributed by atoms with Gasteiger partial charge in [0.05, 0.1) is 12.0 Å². The van der Waals surface area contributed by atoms with Gasteiger partial charge in [-0.15, -0.1) is 0 Å². The Bertz CT molecular complexity index is 728. The Balaban J connectivity index is 2.42. The molecule has 2 aromatic rings. The van der Waals surface area contributed by atoms with Crippen LogP contribution in [0.2, 0.25) is 5.15 Å². The lowest BCUT2D eigenvalue weighted by Gasteiger charge is -2.09. The van der Waals surface area contributed by atoms with Crippen molar-refractivity contribution < 1.29 is 8.42 Å². The second-order valence-corrected chi connectivity index (χ2v) is 6.89. The van der Waals surface area contributed by atoms with Crippen LogP contribution in [0.5, 0.6) is 0 Å². The highest BCUT2D eigenvalue weighted by molar-refractivity contribution is 9.10. The number of halogens is 2. The highest BCUT2D eigenvalue weighted by atomic mass is 79.9. The standard InChI is InChI=1S/C11H11BrClN3O2S/c1-7-3-4-8(12)5-9(7)15-19(17,18)11-10(13)16(2)6-14-11/h3-6,15H,1-2H3. The molecule has 0 amide bonds. The van der Waals surface area contributed by atoms with E-state index >= 15 is 0 Å². The first-order chi connectivity index (χ1) is 8.81. The number of benzene rings is 1. The predicted octanol–water partition coefficient (Wildman–Crippen LogP) is 2.95. The van der Waals surface area contributed by atoms with Gasteiger partial charge in [0, 0.05) is 11.5 Å². The number of sulfonamides is 1. The van der Waals surface area contributed by atoms with E-state index < -0.39 is 10.0 Å². The molecular weight excluding hydrogens is 354 g/mol. The summed E-state index contributed by atoms with van der Waals surface area (Å²) in [6, 6.07) is 5.33. The molecule has 0 unspecified atom stereocenters. The Labute approximate surface area is 124 Å². The van der Waals surface area contributed by atoms with Gasteiger partial charge in [0.2, 0.25) is 5.03 Å². The van der Waals surface area contributed by atoms with Gasteiger partial charge in [-0.2, -0.15) is 8.42 Å². The van der Waals surface area contributed by atoms with Crippen molar-refractivity contribution >= 4 is 43.2 Å². The molecule has 0 spiro atoms. The third-order valence-corrected chi connectivity index (χ3v) is 4.88. The van der Waals surface area contributed by atoms with Crippen LogP contribution in [0.25, 0.3) is 0 Å². The summed E-state index contributed by atoms with van der Waals surface area (Å²) in [6.07, 6.45) is 1.35. The van der Waals surface area contributed by atoms with E-state index in [9.17, 15) is 8.42 Å². The van der Waals surface area contributed by atoms with Crippen LogP contribution in [0.15, 0.2) is 34.0 Å². The molecule has 1 heterocycles. The minimum absolute atomic E-state index is 0.0696. The van der Waals surface area contributed by atoms with Crippen LogP contribution < -0.4 is 4.72 Å². The lowest BCUT2D eigenvalue weighted by molar-refractivity contribution is 0.598. The summed E-state index contributed by atoms with van der Waals surface area (Å²) < 4.78 is 29.1. The molecule has 0 aliphatic heterocycles. The van der Waals surface area contributed by atoms with E-state index in [1.165, 1.54) is 10.9 Å². The summed E-state index contributed by atoms with van der Waals surface area (Å²) in [5, 5.41) is -0.115. The van der Waals surface area contributed by atoms with Crippen LogP contribution in [-0.2, 0) is 17.1 Å². The Hall–Kier alpha value is -1.05. The molecule has 0 saturated heterocycles. The zero-order chi connectivity index (χ0) is 14.2. The van der Waals surface area contributed by atoms with E-state index in [2.05, 4.69) is 25.6 Å². The van der Waals surface area contributed by atoms with E-state index in [1.54, 1.807) is 13.1 Å². The first-order valence-electron chi connectivity index (χ1n) is 5.27. The molecule has 1 aromatic carbocycles. The van der Waals surface area contributed by atoms with Gasteiger partial charge in [-0.3, -0.25) is 4.72 Å². The van der Waals surface area contributed by atoms with Crippen molar-refractivity contribution in [1.29, 1.82) is 0 Å². The van der Waals surface area contributed by atoms with Crippen molar-refractivity contribution in [2.75, 3.05) is 4.72 Å². The number of hydrogen-bond donors (Lipinski definition) is 1. The van der Waals surface area contributed by atoms with E-state index in [4.69, 9.17) is 11.6 Å². The number of aromatic nitrogens is 2. The SMILES string of the molecule is Cc1ccc(Br)cc1NS(=O)(=O)c1ncn(C)c1Cl. The normalized spacial score (nSPS) is 11.6. The topological polar surface area (TPSA) is 64.0 Å². The van der Waals surface area contributed by atoms with Gasteiger partial charge in [0.15, 0.2) is 0 Å². The summed E-state index contributed by atoms with van der Waals surface area (Å²) in [5.41, 5.74) is 1.29. The smallest absolute Gasteiger partial charge is 0.282 e. The third-order valence-electron chi connectivity index (χ3n) is 2.53. The van der Waals surface area contributed by atoms with Gasteiger partial charge in [0.1, 0.15) is 5.15 Å². The molecule has 0 saturated carbocycles. The number of rotatable bonds is 3. The lowest BCUT2D eigenvalue weighted by Crippen LogP contribution is -2.14. The molecule has 0 aliphatic carbocycles. The molecular formula is C11H11BrClN3O2S. The average Bonchev–Trinajstić information content (AvgIpc) is 2.65. The summed E-state index contributed by atoms with van der Waals surface area (Å²) in [4.78, 5) is 3.80. The number of hydrogen-bond acceptors (Lipinski definition) is 3. The fourth-order valence-corrected chi connectivity index (χ4v) is 3.39. The zero-order valence-electron chi connectivity index (χ0n) is 10.2. The first kappa shape index (κ1) is 14.4. The summed E-state index contributed by atoms with van der Waals surface area (Å²) in [6.45, 7) is 1.81. The van der Waals surface area contributed by atoms with Crippen LogP contribution in [0.1, 0.15) is 5.56 Å². The second-order valence-electron chi connectivity index (χ2n) is 4.02. The molecule has 5 nitrogen and oxygen atoms in total. The van der Waals surface area contributed by atoms with E-state index in [1.807, 2.05) is 19.1 Å². The number of nitrogens with zero attached hydrogens (tertiary/aromatic N) is 2. The van der Waals surface area contributed by atoms with Gasteiger partial charge in [-0.1, -0.05) is 33.6 Å². The van der Waals surface area contributed by atoms with Crippen LogP contribution in [0.4, 0.5) is 5.69 Å². The summed E-state index contributed by atoms with van der Waals surface area (Å²) >= 11 is 9.20. The maximum Gasteiger partial charge on any atom is 0.282 e. The van der Waals surface area contributed by atoms with Crippen LogP contribution in [0.3, 0.4) is 0 Å². The Morgan fingerprint density at radius 3 is 2.68 bits per heavy atom. The molecule has 1 aromatic heterocycles. The molecule has 0 aliphatic rings. The minimum Gasteiger partial charge on any atom is -0.324 e. The lowest BCUT2D eigenvalue weighted by atomic mass is 10.2. The predicted molar refractivity (Wildman–Crippen MR) is 77.9 cm³/mol. The molecule has 0 atom stereocenters. The first-order valence-corrected chi connectivity index (χ1v) is 7.92. The van der Waals surface area contributed by atoms with Crippen LogP contribution in [-0.4, -0.2) is 18.0 Å². The fraction of sp³-hybridized carbons (Fsp3) is 0.182. The highest BCUT2D eigenvalue weighted by Gasteiger charge is 2.23. The van der Waals surface area contributed by atoms with Crippen molar-refractivity contribution in [3.63, 3.8) is 0 Å². The molecule has 0 radical (unpaired) electrons. The number of aryl methyl sites for hydroxylation is 2. The van der Waals surface area contributed by atoms with Gasteiger partial charge in [0.25, 0.3) is 10.0 Å².